The van der Waals surface area contributed by atoms with Gasteiger partial charge in [0.15, 0.2) is 0 Å². The smallest absolute Gasteiger partial charge is 0.241 e. The third-order valence-electron chi connectivity index (χ3n) is 3.05. The molecular weight excluding hydrogens is 295 g/mol. The number of alkyl halides is 3. The van der Waals surface area contributed by atoms with E-state index in [0.717, 1.165) is 39.7 Å². The molecular formula is C16H18F3NS. The van der Waals surface area contributed by atoms with E-state index >= 15 is 0 Å². The Hall–Kier alpha value is -1.36. The highest BCUT2D eigenvalue weighted by atomic mass is 32.1. The number of aromatic nitrogens is 1. The monoisotopic (exact) mass is 313 g/mol. The third kappa shape index (κ3) is 4.06. The van der Waals surface area contributed by atoms with Crippen molar-refractivity contribution < 1.29 is 13.2 Å². The lowest BCUT2D eigenvalue weighted by Crippen LogP contribution is -2.10. The molecule has 1 nitrogen and oxygen atoms in total. The van der Waals surface area contributed by atoms with Gasteiger partial charge in [0.25, 0.3) is 0 Å². The molecule has 2 rings (SSSR count). The first kappa shape index (κ1) is 16.0. The molecule has 0 spiro atoms. The molecule has 0 aliphatic rings. The van der Waals surface area contributed by atoms with Crippen LogP contribution in [0.25, 0.3) is 10.6 Å². The maximum Gasteiger partial charge on any atom is 0.416 e. The van der Waals surface area contributed by atoms with Gasteiger partial charge in [0.05, 0.1) is 11.3 Å². The van der Waals surface area contributed by atoms with Crippen molar-refractivity contribution in [2.24, 2.45) is 5.41 Å². The van der Waals surface area contributed by atoms with Crippen LogP contribution in [0, 0.1) is 12.3 Å². The van der Waals surface area contributed by atoms with Gasteiger partial charge in [-0.05, 0) is 30.9 Å². The van der Waals surface area contributed by atoms with Crippen LogP contribution >= 0.6 is 11.3 Å². The molecule has 0 saturated carbocycles. The summed E-state index contributed by atoms with van der Waals surface area (Å²) < 4.78 is 37.7. The van der Waals surface area contributed by atoms with E-state index in [1.54, 1.807) is 0 Å². The molecule has 0 atom stereocenters. The van der Waals surface area contributed by atoms with E-state index in [1.807, 2.05) is 6.92 Å². The second-order valence-electron chi connectivity index (χ2n) is 6.33. The summed E-state index contributed by atoms with van der Waals surface area (Å²) in [5.41, 5.74) is 1.27. The van der Waals surface area contributed by atoms with Crippen molar-refractivity contribution in [3.63, 3.8) is 0 Å². The highest BCUT2D eigenvalue weighted by Gasteiger charge is 2.30. The van der Waals surface area contributed by atoms with Gasteiger partial charge in [-0.2, -0.15) is 13.2 Å². The summed E-state index contributed by atoms with van der Waals surface area (Å²) in [5.74, 6) is 0. The Morgan fingerprint density at radius 2 is 1.62 bits per heavy atom. The summed E-state index contributed by atoms with van der Waals surface area (Å²) in [5, 5.41) is 0.778. The average molecular weight is 313 g/mol. The number of rotatable bonds is 2. The van der Waals surface area contributed by atoms with Crippen LogP contribution in [0.4, 0.5) is 13.2 Å². The van der Waals surface area contributed by atoms with Crippen molar-refractivity contribution in [2.75, 3.05) is 0 Å². The quantitative estimate of drug-likeness (QED) is 0.690. The summed E-state index contributed by atoms with van der Waals surface area (Å²) in [4.78, 5) is 5.72. The molecule has 21 heavy (non-hydrogen) atoms. The molecule has 5 heteroatoms. The topological polar surface area (TPSA) is 12.9 Å². The second-order valence-corrected chi connectivity index (χ2v) is 7.54. The van der Waals surface area contributed by atoms with Crippen LogP contribution in [-0.2, 0) is 12.6 Å². The molecule has 0 unspecified atom stereocenters. The third-order valence-corrected chi connectivity index (χ3v) is 4.11. The summed E-state index contributed by atoms with van der Waals surface area (Å²) >= 11 is 1.53. The minimum atomic E-state index is -4.30. The van der Waals surface area contributed by atoms with Crippen molar-refractivity contribution in [1.29, 1.82) is 0 Å². The van der Waals surface area contributed by atoms with Gasteiger partial charge >= 0.3 is 6.18 Å². The number of benzene rings is 1. The summed E-state index contributed by atoms with van der Waals surface area (Å²) in [6.45, 7) is 8.43. The van der Waals surface area contributed by atoms with Crippen molar-refractivity contribution >= 4 is 11.3 Å². The van der Waals surface area contributed by atoms with Crippen molar-refractivity contribution in [2.45, 2.75) is 40.3 Å². The minimum absolute atomic E-state index is 0.135. The standard InChI is InChI=1S/C16H18F3NS/c1-10-13(9-15(2,3)4)20-14(21-10)11-5-7-12(8-6-11)16(17,18)19/h5-8H,9H2,1-4H3. The largest absolute Gasteiger partial charge is 0.416 e. The lowest BCUT2D eigenvalue weighted by molar-refractivity contribution is -0.137. The van der Waals surface area contributed by atoms with Crippen LogP contribution in [0.1, 0.15) is 36.9 Å². The second kappa shape index (κ2) is 5.44. The molecule has 1 aromatic heterocycles. The van der Waals surface area contributed by atoms with Crippen molar-refractivity contribution in [1.82, 2.24) is 4.98 Å². The fourth-order valence-corrected chi connectivity index (χ4v) is 2.96. The predicted molar refractivity (Wildman–Crippen MR) is 80.4 cm³/mol. The van der Waals surface area contributed by atoms with Gasteiger partial charge < -0.3 is 0 Å². The molecule has 0 fully saturated rings. The van der Waals surface area contributed by atoms with Gasteiger partial charge in [-0.25, -0.2) is 4.98 Å². The van der Waals surface area contributed by atoms with Crippen LogP contribution in [0.2, 0.25) is 0 Å². The first-order valence-corrected chi connectivity index (χ1v) is 7.52. The molecule has 2 aromatic rings. The maximum atomic E-state index is 12.6. The van der Waals surface area contributed by atoms with Crippen LogP contribution in [0.3, 0.4) is 0 Å². The predicted octanol–water partition coefficient (Wildman–Crippen LogP) is 5.73. The molecule has 0 aliphatic heterocycles. The maximum absolute atomic E-state index is 12.6. The van der Waals surface area contributed by atoms with E-state index < -0.39 is 11.7 Å². The number of thiazole rings is 1. The van der Waals surface area contributed by atoms with Gasteiger partial charge in [0.1, 0.15) is 5.01 Å². The lowest BCUT2D eigenvalue weighted by Gasteiger charge is -2.16. The van der Waals surface area contributed by atoms with Gasteiger partial charge in [-0.3, -0.25) is 0 Å². The molecule has 0 amide bonds. The normalized spacial score (nSPS) is 12.7. The zero-order valence-electron chi connectivity index (χ0n) is 12.5. The van der Waals surface area contributed by atoms with Crippen LogP contribution in [0.15, 0.2) is 24.3 Å². The Labute approximate surface area is 126 Å². The van der Waals surface area contributed by atoms with Crippen molar-refractivity contribution in [3.8, 4) is 10.6 Å². The number of nitrogens with zero attached hydrogens (tertiary/aromatic N) is 1. The van der Waals surface area contributed by atoms with Crippen LogP contribution in [0.5, 0.6) is 0 Å². The van der Waals surface area contributed by atoms with Crippen LogP contribution < -0.4 is 0 Å². The van der Waals surface area contributed by atoms with E-state index in [1.165, 1.54) is 23.5 Å². The summed E-state index contributed by atoms with van der Waals surface area (Å²) in [6, 6.07) is 5.19. The molecule has 0 N–H and O–H groups in total. The SMILES string of the molecule is Cc1sc(-c2ccc(C(F)(F)F)cc2)nc1CC(C)(C)C. The zero-order valence-corrected chi connectivity index (χ0v) is 13.3. The van der Waals surface area contributed by atoms with E-state index in [4.69, 9.17) is 0 Å². The van der Waals surface area contributed by atoms with E-state index in [0.29, 0.717) is 0 Å². The highest BCUT2D eigenvalue weighted by molar-refractivity contribution is 7.15. The number of aryl methyl sites for hydroxylation is 1. The number of halogens is 3. The number of hydrogen-bond donors (Lipinski definition) is 0. The van der Waals surface area contributed by atoms with Gasteiger partial charge in [0.2, 0.25) is 0 Å². The summed E-state index contributed by atoms with van der Waals surface area (Å²) in [7, 11) is 0. The number of hydrogen-bond acceptors (Lipinski definition) is 2. The first-order chi connectivity index (χ1) is 9.56. The fourth-order valence-electron chi connectivity index (χ4n) is 2.02. The average Bonchev–Trinajstić information content (AvgIpc) is 2.68. The van der Waals surface area contributed by atoms with E-state index in [9.17, 15) is 13.2 Å². The van der Waals surface area contributed by atoms with Crippen molar-refractivity contribution in [3.05, 3.63) is 40.4 Å². The molecule has 0 saturated heterocycles. The molecule has 1 heterocycles. The van der Waals surface area contributed by atoms with E-state index in [-0.39, 0.29) is 5.41 Å². The molecule has 0 aliphatic carbocycles. The molecule has 1 aromatic carbocycles. The van der Waals surface area contributed by atoms with E-state index in [2.05, 4.69) is 25.8 Å². The Balaban J connectivity index is 2.29. The first-order valence-electron chi connectivity index (χ1n) is 6.70. The molecule has 0 bridgehead atoms. The Morgan fingerprint density at radius 3 is 2.10 bits per heavy atom. The van der Waals surface area contributed by atoms with Gasteiger partial charge in [-0.1, -0.05) is 32.9 Å². The van der Waals surface area contributed by atoms with Gasteiger partial charge in [-0.15, -0.1) is 11.3 Å². The minimum Gasteiger partial charge on any atom is -0.241 e. The Kier molecular flexibility index (Phi) is 4.15. The highest BCUT2D eigenvalue weighted by Crippen LogP contribution is 2.34. The Morgan fingerprint density at radius 1 is 1.05 bits per heavy atom. The van der Waals surface area contributed by atoms with Gasteiger partial charge in [0, 0.05) is 10.4 Å². The van der Waals surface area contributed by atoms with Crippen LogP contribution in [-0.4, -0.2) is 4.98 Å². The molecule has 0 radical (unpaired) electrons. The molecule has 114 valence electrons. The lowest BCUT2D eigenvalue weighted by atomic mass is 9.90. The zero-order chi connectivity index (χ0) is 15.8. The Bertz CT molecular complexity index is 618. The summed E-state index contributed by atoms with van der Waals surface area (Å²) in [6.07, 6.45) is -3.44. The fraction of sp³-hybridized carbons (Fsp3) is 0.438.